The molecule has 0 saturated carbocycles. The lowest BCUT2D eigenvalue weighted by molar-refractivity contribution is -0.385. The molecule has 0 aromatic heterocycles. The SMILES string of the molecule is CN(C(=O)OCc1ccccc1)c1ccc(I)c([N+](=O)[O-])c1. The van der Waals surface area contributed by atoms with Crippen LogP contribution in [0.5, 0.6) is 0 Å². The Balaban J connectivity index is 2.07. The third-order valence-electron chi connectivity index (χ3n) is 2.99. The summed E-state index contributed by atoms with van der Waals surface area (Å²) in [5.74, 6) is 0. The largest absolute Gasteiger partial charge is 0.444 e. The quantitative estimate of drug-likeness (QED) is 0.433. The van der Waals surface area contributed by atoms with E-state index in [4.69, 9.17) is 4.74 Å². The van der Waals surface area contributed by atoms with Crippen LogP contribution in [0.3, 0.4) is 0 Å². The van der Waals surface area contributed by atoms with E-state index in [2.05, 4.69) is 0 Å². The number of carbonyl (C=O) groups excluding carboxylic acids is 1. The van der Waals surface area contributed by atoms with Gasteiger partial charge in [0.15, 0.2) is 0 Å². The third kappa shape index (κ3) is 3.94. The number of nitro benzene ring substituents is 1. The number of amides is 1. The first-order valence-corrected chi connectivity index (χ1v) is 7.45. The molecule has 0 atom stereocenters. The van der Waals surface area contributed by atoms with Gasteiger partial charge < -0.3 is 4.74 Å². The van der Waals surface area contributed by atoms with E-state index < -0.39 is 11.0 Å². The number of hydrogen-bond acceptors (Lipinski definition) is 4. The molecule has 0 heterocycles. The number of rotatable bonds is 4. The first-order chi connectivity index (χ1) is 10.5. The molecule has 22 heavy (non-hydrogen) atoms. The molecule has 0 aliphatic rings. The van der Waals surface area contributed by atoms with Crippen molar-refractivity contribution in [3.8, 4) is 0 Å². The van der Waals surface area contributed by atoms with Crippen LogP contribution < -0.4 is 4.90 Å². The minimum atomic E-state index is -0.570. The monoisotopic (exact) mass is 412 g/mol. The van der Waals surface area contributed by atoms with E-state index in [0.717, 1.165) is 5.56 Å². The summed E-state index contributed by atoms with van der Waals surface area (Å²) >= 11 is 1.88. The van der Waals surface area contributed by atoms with Gasteiger partial charge in [0.05, 0.1) is 14.2 Å². The summed E-state index contributed by atoms with van der Waals surface area (Å²) in [6, 6.07) is 13.9. The van der Waals surface area contributed by atoms with E-state index in [1.165, 1.54) is 18.0 Å². The van der Waals surface area contributed by atoms with Gasteiger partial charge in [0.1, 0.15) is 6.61 Å². The summed E-state index contributed by atoms with van der Waals surface area (Å²) in [4.78, 5) is 23.7. The van der Waals surface area contributed by atoms with Crippen molar-refractivity contribution in [3.05, 3.63) is 67.8 Å². The second-order valence-corrected chi connectivity index (χ2v) is 5.65. The number of nitrogens with zero attached hydrogens (tertiary/aromatic N) is 2. The number of hydrogen-bond donors (Lipinski definition) is 0. The van der Waals surface area contributed by atoms with Crippen molar-refractivity contribution in [1.29, 1.82) is 0 Å². The predicted octanol–water partition coefficient (Wildman–Crippen LogP) is 3.97. The van der Waals surface area contributed by atoms with Crippen LogP contribution in [-0.4, -0.2) is 18.1 Å². The Morgan fingerprint density at radius 1 is 1.27 bits per heavy atom. The van der Waals surface area contributed by atoms with Gasteiger partial charge in [-0.15, -0.1) is 0 Å². The average molecular weight is 412 g/mol. The molecule has 0 spiro atoms. The van der Waals surface area contributed by atoms with E-state index in [1.807, 2.05) is 52.9 Å². The second-order valence-electron chi connectivity index (χ2n) is 4.49. The fourth-order valence-electron chi connectivity index (χ4n) is 1.77. The highest BCUT2D eigenvalue weighted by atomic mass is 127. The smallest absolute Gasteiger partial charge is 0.414 e. The fourth-order valence-corrected chi connectivity index (χ4v) is 2.30. The summed E-state index contributed by atoms with van der Waals surface area (Å²) < 4.78 is 5.70. The molecule has 0 saturated heterocycles. The molecule has 0 bridgehead atoms. The van der Waals surface area contributed by atoms with Crippen LogP contribution in [0, 0.1) is 13.7 Å². The van der Waals surface area contributed by atoms with Crippen LogP contribution in [0.1, 0.15) is 5.56 Å². The maximum atomic E-state index is 12.0. The van der Waals surface area contributed by atoms with Crippen molar-refractivity contribution < 1.29 is 14.5 Å². The van der Waals surface area contributed by atoms with E-state index in [0.29, 0.717) is 9.26 Å². The lowest BCUT2D eigenvalue weighted by atomic mass is 10.2. The first-order valence-electron chi connectivity index (χ1n) is 6.37. The van der Waals surface area contributed by atoms with E-state index in [1.54, 1.807) is 12.1 Å². The summed E-state index contributed by atoms with van der Waals surface area (Å²) in [7, 11) is 1.51. The van der Waals surface area contributed by atoms with E-state index >= 15 is 0 Å². The van der Waals surface area contributed by atoms with Gasteiger partial charge in [-0.2, -0.15) is 0 Å². The minimum absolute atomic E-state index is 0.0409. The molecule has 2 aromatic rings. The van der Waals surface area contributed by atoms with Crippen molar-refractivity contribution in [2.24, 2.45) is 0 Å². The van der Waals surface area contributed by atoms with Gasteiger partial charge in [-0.25, -0.2) is 4.79 Å². The highest BCUT2D eigenvalue weighted by Crippen LogP contribution is 2.26. The van der Waals surface area contributed by atoms with Gasteiger partial charge in [-0.05, 0) is 40.3 Å². The Morgan fingerprint density at radius 3 is 2.59 bits per heavy atom. The number of benzene rings is 2. The van der Waals surface area contributed by atoms with Crippen molar-refractivity contribution >= 4 is 40.1 Å². The molecule has 0 radical (unpaired) electrons. The molecule has 0 aliphatic carbocycles. The summed E-state index contributed by atoms with van der Waals surface area (Å²) in [5, 5.41) is 10.9. The van der Waals surface area contributed by atoms with Crippen molar-refractivity contribution in [3.63, 3.8) is 0 Å². The first kappa shape index (κ1) is 16.2. The molecule has 114 valence electrons. The zero-order chi connectivity index (χ0) is 16.1. The third-order valence-corrected chi connectivity index (χ3v) is 3.90. The van der Waals surface area contributed by atoms with Gasteiger partial charge in [-0.3, -0.25) is 15.0 Å². The lowest BCUT2D eigenvalue weighted by Crippen LogP contribution is -2.27. The highest BCUT2D eigenvalue weighted by molar-refractivity contribution is 14.1. The second kappa shape index (κ2) is 7.21. The van der Waals surface area contributed by atoms with Crippen molar-refractivity contribution in [1.82, 2.24) is 0 Å². The van der Waals surface area contributed by atoms with Gasteiger partial charge in [0.2, 0.25) is 0 Å². The maximum absolute atomic E-state index is 12.0. The molecular formula is C15H13IN2O4. The average Bonchev–Trinajstić information content (AvgIpc) is 2.53. The summed E-state index contributed by atoms with van der Waals surface area (Å²) in [6.45, 7) is 0.149. The molecule has 0 N–H and O–H groups in total. The molecule has 2 rings (SSSR count). The number of anilines is 1. The Kier molecular flexibility index (Phi) is 5.31. The van der Waals surface area contributed by atoms with E-state index in [9.17, 15) is 14.9 Å². The highest BCUT2D eigenvalue weighted by Gasteiger charge is 2.18. The Bertz CT molecular complexity index is 691. The van der Waals surface area contributed by atoms with Crippen molar-refractivity contribution in [2.45, 2.75) is 6.61 Å². The van der Waals surface area contributed by atoms with Crippen LogP contribution in [0.2, 0.25) is 0 Å². The molecule has 0 unspecified atom stereocenters. The van der Waals surface area contributed by atoms with Crippen LogP contribution in [0.15, 0.2) is 48.5 Å². The minimum Gasteiger partial charge on any atom is -0.444 e. The van der Waals surface area contributed by atoms with Crippen LogP contribution in [-0.2, 0) is 11.3 Å². The van der Waals surface area contributed by atoms with E-state index in [-0.39, 0.29) is 12.3 Å². The van der Waals surface area contributed by atoms with Crippen LogP contribution in [0.4, 0.5) is 16.2 Å². The van der Waals surface area contributed by atoms with Gasteiger partial charge in [-0.1, -0.05) is 30.3 Å². The number of nitro groups is 1. The molecule has 7 heteroatoms. The summed E-state index contributed by atoms with van der Waals surface area (Å²) in [6.07, 6.45) is -0.570. The summed E-state index contributed by atoms with van der Waals surface area (Å²) in [5.41, 5.74) is 1.24. The van der Waals surface area contributed by atoms with Crippen LogP contribution >= 0.6 is 22.6 Å². The number of halogens is 1. The normalized spacial score (nSPS) is 10.1. The zero-order valence-electron chi connectivity index (χ0n) is 11.7. The Hall–Kier alpha value is -2.16. The fraction of sp³-hybridized carbons (Fsp3) is 0.133. The Morgan fingerprint density at radius 2 is 1.95 bits per heavy atom. The molecule has 0 aliphatic heterocycles. The standard InChI is InChI=1S/C15H13IN2O4/c1-17(12-7-8-13(16)14(9-12)18(20)21)15(19)22-10-11-5-3-2-4-6-11/h2-9H,10H2,1H3. The molecular weight excluding hydrogens is 399 g/mol. The topological polar surface area (TPSA) is 72.7 Å². The van der Waals surface area contributed by atoms with Crippen LogP contribution in [0.25, 0.3) is 0 Å². The number of carbonyl (C=O) groups is 1. The molecule has 6 nitrogen and oxygen atoms in total. The van der Waals surface area contributed by atoms with Gasteiger partial charge in [0.25, 0.3) is 5.69 Å². The Labute approximate surface area is 141 Å². The lowest BCUT2D eigenvalue weighted by Gasteiger charge is -2.17. The molecule has 1 amide bonds. The van der Waals surface area contributed by atoms with Gasteiger partial charge in [0, 0.05) is 13.1 Å². The van der Waals surface area contributed by atoms with Crippen molar-refractivity contribution in [2.75, 3.05) is 11.9 Å². The predicted molar refractivity (Wildman–Crippen MR) is 90.8 cm³/mol. The molecule has 0 fully saturated rings. The molecule has 2 aromatic carbocycles. The van der Waals surface area contributed by atoms with Gasteiger partial charge >= 0.3 is 6.09 Å². The zero-order valence-corrected chi connectivity index (χ0v) is 13.9. The number of ether oxygens (including phenoxy) is 1. The maximum Gasteiger partial charge on any atom is 0.414 e.